The van der Waals surface area contributed by atoms with E-state index in [9.17, 15) is 19.2 Å². The van der Waals surface area contributed by atoms with Crippen molar-refractivity contribution in [2.75, 3.05) is 31.1 Å². The number of thioether (sulfide) groups is 2. The van der Waals surface area contributed by atoms with E-state index in [1.54, 1.807) is 23.5 Å². The molecule has 0 aliphatic heterocycles. The van der Waals surface area contributed by atoms with Gasteiger partial charge in [0.25, 0.3) is 0 Å². The molecule has 1 aromatic rings. The van der Waals surface area contributed by atoms with Gasteiger partial charge in [0.05, 0.1) is 7.11 Å². The summed E-state index contributed by atoms with van der Waals surface area (Å²) in [5.74, 6) is 0.0201. The molecule has 3 amide bonds. The van der Waals surface area contributed by atoms with Crippen molar-refractivity contribution in [1.29, 1.82) is 0 Å². The molecule has 8 nitrogen and oxygen atoms in total. The molecule has 2 atom stereocenters. The fraction of sp³-hybridized carbons (Fsp3) is 0.600. The van der Waals surface area contributed by atoms with E-state index < -0.39 is 35.4 Å². The Morgan fingerprint density at radius 2 is 1.60 bits per heavy atom. The van der Waals surface area contributed by atoms with Crippen LogP contribution in [0.15, 0.2) is 30.3 Å². The van der Waals surface area contributed by atoms with E-state index in [1.807, 2.05) is 56.7 Å². The molecular weight excluding hydrogens is 486 g/mol. The number of nitrogens with one attached hydrogen (secondary N) is 3. The lowest BCUT2D eigenvalue weighted by Gasteiger charge is -2.34. The van der Waals surface area contributed by atoms with Gasteiger partial charge in [0, 0.05) is 6.42 Å². The van der Waals surface area contributed by atoms with Crippen LogP contribution in [0, 0.1) is 5.92 Å². The van der Waals surface area contributed by atoms with Gasteiger partial charge in [-0.2, -0.15) is 23.5 Å². The Hall–Kier alpha value is -2.20. The third-order valence-corrected chi connectivity index (χ3v) is 6.87. The SMILES string of the molecule is COC(=O)[C@H](Cc1ccccc1)NC(=O)[C@H](CC(C)C)NC(=O)C(CCSC)(CCSC)NC=O. The smallest absolute Gasteiger partial charge is 0.328 e. The normalized spacial score (nSPS) is 13.0. The van der Waals surface area contributed by atoms with Gasteiger partial charge in [-0.3, -0.25) is 14.4 Å². The van der Waals surface area contributed by atoms with Gasteiger partial charge in [-0.15, -0.1) is 0 Å². The van der Waals surface area contributed by atoms with Crippen molar-refractivity contribution in [3.8, 4) is 0 Å². The Kier molecular flexibility index (Phi) is 14.5. The van der Waals surface area contributed by atoms with Crippen LogP contribution in [0.5, 0.6) is 0 Å². The number of carbonyl (C=O) groups excluding carboxylic acids is 4. The van der Waals surface area contributed by atoms with Crippen LogP contribution in [0.25, 0.3) is 0 Å². The molecule has 0 saturated heterocycles. The van der Waals surface area contributed by atoms with Crippen molar-refractivity contribution < 1.29 is 23.9 Å². The van der Waals surface area contributed by atoms with Crippen LogP contribution in [0.3, 0.4) is 0 Å². The summed E-state index contributed by atoms with van der Waals surface area (Å²) < 4.78 is 4.91. The molecule has 196 valence electrons. The van der Waals surface area contributed by atoms with E-state index in [2.05, 4.69) is 16.0 Å². The lowest BCUT2D eigenvalue weighted by atomic mass is 9.90. The third kappa shape index (κ3) is 10.5. The second-order valence-electron chi connectivity index (χ2n) is 8.76. The molecule has 1 rings (SSSR count). The minimum absolute atomic E-state index is 0.0996. The molecule has 0 spiro atoms. The van der Waals surface area contributed by atoms with Crippen molar-refractivity contribution in [2.24, 2.45) is 5.92 Å². The van der Waals surface area contributed by atoms with Crippen molar-refractivity contribution in [3.05, 3.63) is 35.9 Å². The summed E-state index contributed by atoms with van der Waals surface area (Å²) in [5, 5.41) is 8.38. The molecule has 0 aliphatic rings. The second kappa shape index (κ2) is 16.5. The molecule has 0 radical (unpaired) electrons. The second-order valence-corrected chi connectivity index (χ2v) is 10.7. The maximum Gasteiger partial charge on any atom is 0.328 e. The molecule has 10 heteroatoms. The van der Waals surface area contributed by atoms with Gasteiger partial charge in [0.1, 0.15) is 17.6 Å². The van der Waals surface area contributed by atoms with Crippen LogP contribution < -0.4 is 16.0 Å². The topological polar surface area (TPSA) is 114 Å². The first kappa shape index (κ1) is 30.8. The lowest BCUT2D eigenvalue weighted by molar-refractivity contribution is -0.145. The van der Waals surface area contributed by atoms with Crippen LogP contribution in [0.2, 0.25) is 0 Å². The summed E-state index contributed by atoms with van der Waals surface area (Å²) >= 11 is 3.17. The number of ether oxygens (including phenoxy) is 1. The maximum atomic E-state index is 13.5. The third-order valence-electron chi connectivity index (χ3n) is 5.65. The van der Waals surface area contributed by atoms with Gasteiger partial charge in [-0.05, 0) is 54.8 Å². The molecule has 0 aromatic heterocycles. The fourth-order valence-electron chi connectivity index (χ4n) is 3.68. The minimum Gasteiger partial charge on any atom is -0.467 e. The molecule has 3 N–H and O–H groups in total. The summed E-state index contributed by atoms with van der Waals surface area (Å²) in [6.45, 7) is 3.90. The van der Waals surface area contributed by atoms with Crippen LogP contribution in [0.4, 0.5) is 0 Å². The number of hydrogen-bond donors (Lipinski definition) is 3. The highest BCUT2D eigenvalue weighted by Crippen LogP contribution is 2.21. The molecule has 0 fully saturated rings. The predicted molar refractivity (Wildman–Crippen MR) is 143 cm³/mol. The van der Waals surface area contributed by atoms with Gasteiger partial charge in [-0.1, -0.05) is 44.2 Å². The minimum atomic E-state index is -1.12. The first-order valence-corrected chi connectivity index (χ1v) is 14.4. The Bertz CT molecular complexity index is 800. The zero-order valence-corrected chi connectivity index (χ0v) is 22.9. The van der Waals surface area contributed by atoms with Crippen molar-refractivity contribution in [2.45, 2.75) is 57.2 Å². The Balaban J connectivity index is 3.14. The predicted octanol–water partition coefficient (Wildman–Crippen LogP) is 2.41. The summed E-state index contributed by atoms with van der Waals surface area (Å²) in [6.07, 6.45) is 5.94. The van der Waals surface area contributed by atoms with E-state index in [4.69, 9.17) is 4.74 Å². The molecule has 0 heterocycles. The number of carbonyl (C=O) groups is 4. The summed E-state index contributed by atoms with van der Waals surface area (Å²) in [7, 11) is 1.27. The average molecular weight is 526 g/mol. The lowest BCUT2D eigenvalue weighted by Crippen LogP contribution is -2.62. The Morgan fingerprint density at radius 3 is 2.09 bits per heavy atom. The number of rotatable bonds is 17. The number of benzene rings is 1. The zero-order valence-electron chi connectivity index (χ0n) is 21.3. The highest BCUT2D eigenvalue weighted by atomic mass is 32.2. The average Bonchev–Trinajstić information content (AvgIpc) is 2.84. The fourth-order valence-corrected chi connectivity index (χ4v) is 4.79. The molecule has 0 aliphatic carbocycles. The highest BCUT2D eigenvalue weighted by molar-refractivity contribution is 7.98. The van der Waals surface area contributed by atoms with E-state index in [-0.39, 0.29) is 12.3 Å². The highest BCUT2D eigenvalue weighted by Gasteiger charge is 2.39. The monoisotopic (exact) mass is 525 g/mol. The van der Waals surface area contributed by atoms with E-state index in [0.717, 1.165) is 5.56 Å². The van der Waals surface area contributed by atoms with E-state index in [1.165, 1.54) is 7.11 Å². The van der Waals surface area contributed by atoms with Gasteiger partial charge in [0.2, 0.25) is 18.2 Å². The summed E-state index contributed by atoms with van der Waals surface area (Å²) in [5.41, 5.74) is -0.245. The van der Waals surface area contributed by atoms with Crippen molar-refractivity contribution in [1.82, 2.24) is 16.0 Å². The molecular formula is C25H39N3O5S2. The largest absolute Gasteiger partial charge is 0.467 e. The number of esters is 1. The van der Waals surface area contributed by atoms with E-state index in [0.29, 0.717) is 37.2 Å². The van der Waals surface area contributed by atoms with Gasteiger partial charge >= 0.3 is 5.97 Å². The van der Waals surface area contributed by atoms with Crippen LogP contribution in [-0.2, 0) is 30.3 Å². The quantitative estimate of drug-likeness (QED) is 0.211. The number of methoxy groups -OCH3 is 1. The Morgan fingerprint density at radius 1 is 1.00 bits per heavy atom. The van der Waals surface area contributed by atoms with Crippen LogP contribution >= 0.6 is 23.5 Å². The summed E-state index contributed by atoms with van der Waals surface area (Å²) in [4.78, 5) is 50.7. The zero-order chi connectivity index (χ0) is 26.3. The van der Waals surface area contributed by atoms with Crippen molar-refractivity contribution >= 4 is 47.7 Å². The number of hydrogen-bond acceptors (Lipinski definition) is 7. The molecule has 0 bridgehead atoms. The maximum absolute atomic E-state index is 13.5. The van der Waals surface area contributed by atoms with Crippen LogP contribution in [-0.4, -0.2) is 72.9 Å². The van der Waals surface area contributed by atoms with Gasteiger partial charge in [-0.25, -0.2) is 4.79 Å². The first-order valence-electron chi connectivity index (χ1n) is 11.6. The summed E-state index contributed by atoms with van der Waals surface area (Å²) in [6, 6.07) is 7.55. The molecule has 0 saturated carbocycles. The molecule has 1 aromatic carbocycles. The van der Waals surface area contributed by atoms with Gasteiger partial charge in [0.15, 0.2) is 0 Å². The van der Waals surface area contributed by atoms with Gasteiger partial charge < -0.3 is 20.7 Å². The van der Waals surface area contributed by atoms with Crippen molar-refractivity contribution in [3.63, 3.8) is 0 Å². The standard InChI is InChI=1S/C25H39N3O5S2/c1-18(2)15-20(28-24(32)25(26-17-29,11-13-34-4)12-14-35-5)22(30)27-21(23(31)33-3)16-19-9-7-6-8-10-19/h6-10,17-18,20-21H,11-16H2,1-5H3,(H,26,29)(H,27,30)(H,28,32)/t20-,21-/m0/s1. The van der Waals surface area contributed by atoms with Crippen LogP contribution in [0.1, 0.15) is 38.7 Å². The Labute approximate surface area is 217 Å². The first-order chi connectivity index (χ1) is 16.7. The van der Waals surface area contributed by atoms with E-state index >= 15 is 0 Å². The number of amides is 3. The molecule has 0 unspecified atom stereocenters. The molecule has 35 heavy (non-hydrogen) atoms.